The Morgan fingerprint density at radius 3 is 2.73 bits per heavy atom. The zero-order valence-corrected chi connectivity index (χ0v) is 13.0. The first kappa shape index (κ1) is 14.8. The summed E-state index contributed by atoms with van der Waals surface area (Å²) in [5.74, 6) is 0.218. The molecule has 1 aromatic carbocycles. The number of ether oxygens (including phenoxy) is 1. The summed E-state index contributed by atoms with van der Waals surface area (Å²) in [7, 11) is 3.40. The van der Waals surface area contributed by atoms with Gasteiger partial charge < -0.3 is 10.1 Å². The quantitative estimate of drug-likeness (QED) is 0.884. The van der Waals surface area contributed by atoms with E-state index in [4.69, 9.17) is 4.74 Å². The summed E-state index contributed by atoms with van der Waals surface area (Å²) >= 11 is 0. The Kier molecular flexibility index (Phi) is 4.24. The van der Waals surface area contributed by atoms with Crippen molar-refractivity contribution in [3.05, 3.63) is 53.3 Å². The van der Waals surface area contributed by atoms with Gasteiger partial charge in [-0.1, -0.05) is 12.1 Å². The number of hydrogen-bond acceptors (Lipinski definition) is 4. The Hall–Kier alpha value is -2.14. The van der Waals surface area contributed by atoms with Crippen molar-refractivity contribution >= 4 is 5.97 Å². The molecule has 2 aromatic rings. The minimum Gasteiger partial charge on any atom is -0.465 e. The van der Waals surface area contributed by atoms with E-state index in [-0.39, 0.29) is 5.97 Å². The van der Waals surface area contributed by atoms with Crippen LogP contribution in [0.2, 0.25) is 0 Å². The van der Waals surface area contributed by atoms with Gasteiger partial charge in [0.15, 0.2) is 0 Å². The number of nitrogens with one attached hydrogen (secondary N) is 1. The number of hydrogen-bond donors (Lipinski definition) is 1. The van der Waals surface area contributed by atoms with Crippen LogP contribution in [0.5, 0.6) is 0 Å². The molecule has 0 radical (unpaired) electrons. The molecule has 1 aliphatic heterocycles. The molecule has 0 aliphatic carbocycles. The van der Waals surface area contributed by atoms with Crippen LogP contribution in [-0.4, -0.2) is 29.4 Å². The Morgan fingerprint density at radius 2 is 2.09 bits per heavy atom. The van der Waals surface area contributed by atoms with Crippen molar-refractivity contribution in [1.82, 2.24) is 15.1 Å². The molecule has 5 nitrogen and oxygen atoms in total. The van der Waals surface area contributed by atoms with E-state index in [1.165, 1.54) is 18.4 Å². The van der Waals surface area contributed by atoms with E-state index >= 15 is 0 Å². The molecule has 1 saturated heterocycles. The van der Waals surface area contributed by atoms with Crippen molar-refractivity contribution in [2.45, 2.75) is 24.8 Å². The summed E-state index contributed by atoms with van der Waals surface area (Å²) in [5, 5.41) is 7.84. The van der Waals surface area contributed by atoms with Crippen molar-refractivity contribution in [3.63, 3.8) is 0 Å². The summed E-state index contributed by atoms with van der Waals surface area (Å²) in [6.45, 7) is 0.985. The molecule has 1 N–H and O–H groups in total. The second-order valence-electron chi connectivity index (χ2n) is 5.72. The average Bonchev–Trinajstić information content (AvgIpc) is 3.00. The van der Waals surface area contributed by atoms with E-state index in [0.717, 1.165) is 19.4 Å². The van der Waals surface area contributed by atoms with Crippen molar-refractivity contribution in [3.8, 4) is 0 Å². The largest absolute Gasteiger partial charge is 0.465 e. The van der Waals surface area contributed by atoms with Gasteiger partial charge in [-0.3, -0.25) is 4.68 Å². The van der Waals surface area contributed by atoms with Crippen LogP contribution in [0.3, 0.4) is 0 Å². The fourth-order valence-electron chi connectivity index (χ4n) is 3.19. The van der Waals surface area contributed by atoms with E-state index in [2.05, 4.69) is 16.5 Å². The Labute approximate surface area is 130 Å². The number of esters is 1. The molecule has 2 unspecified atom stereocenters. The molecule has 2 heterocycles. The van der Waals surface area contributed by atoms with Crippen LogP contribution in [0, 0.1) is 0 Å². The van der Waals surface area contributed by atoms with Crippen LogP contribution in [0.1, 0.15) is 46.4 Å². The number of carbonyl (C=O) groups excluding carboxylic acids is 1. The number of rotatable bonds is 3. The summed E-state index contributed by atoms with van der Waals surface area (Å²) in [6.07, 6.45) is 4.02. The van der Waals surface area contributed by atoms with Gasteiger partial charge in [0.1, 0.15) is 0 Å². The average molecular weight is 299 g/mol. The van der Waals surface area contributed by atoms with E-state index in [1.54, 1.807) is 0 Å². The van der Waals surface area contributed by atoms with E-state index < -0.39 is 0 Å². The minimum absolute atomic E-state index is 0.295. The summed E-state index contributed by atoms with van der Waals surface area (Å²) in [5.41, 5.74) is 3.09. The first-order valence-electron chi connectivity index (χ1n) is 7.58. The van der Waals surface area contributed by atoms with Gasteiger partial charge in [-0.15, -0.1) is 0 Å². The minimum atomic E-state index is -0.295. The van der Waals surface area contributed by atoms with Gasteiger partial charge in [0.25, 0.3) is 0 Å². The van der Waals surface area contributed by atoms with Crippen molar-refractivity contribution in [2.75, 3.05) is 13.7 Å². The third-order valence-corrected chi connectivity index (χ3v) is 4.42. The topological polar surface area (TPSA) is 56.1 Å². The van der Waals surface area contributed by atoms with E-state index in [0.29, 0.717) is 17.5 Å². The molecule has 1 aliphatic rings. The molecule has 116 valence electrons. The molecule has 2 atom stereocenters. The van der Waals surface area contributed by atoms with Crippen LogP contribution >= 0.6 is 0 Å². The van der Waals surface area contributed by atoms with E-state index in [9.17, 15) is 4.79 Å². The fraction of sp³-hybridized carbons (Fsp3) is 0.412. The van der Waals surface area contributed by atoms with Gasteiger partial charge in [-0.05, 0) is 43.1 Å². The predicted octanol–water partition coefficient (Wildman–Crippen LogP) is 2.42. The molecule has 5 heteroatoms. The second kappa shape index (κ2) is 6.32. The highest BCUT2D eigenvalue weighted by Gasteiger charge is 2.25. The lowest BCUT2D eigenvalue weighted by molar-refractivity contribution is 0.0600. The maximum atomic E-state index is 11.5. The fourth-order valence-corrected chi connectivity index (χ4v) is 3.19. The Balaban J connectivity index is 1.74. The molecule has 3 rings (SSSR count). The maximum absolute atomic E-state index is 11.5. The van der Waals surface area contributed by atoms with Crippen molar-refractivity contribution in [1.29, 1.82) is 0 Å². The number of carbonyl (C=O) groups is 1. The highest BCUT2D eigenvalue weighted by molar-refractivity contribution is 5.89. The lowest BCUT2D eigenvalue weighted by atomic mass is 9.86. The third kappa shape index (κ3) is 2.90. The van der Waals surface area contributed by atoms with Gasteiger partial charge in [0, 0.05) is 30.9 Å². The predicted molar refractivity (Wildman–Crippen MR) is 83.7 cm³/mol. The van der Waals surface area contributed by atoms with Crippen LogP contribution in [-0.2, 0) is 11.8 Å². The standard InChI is InChI=1S/C17H21N3O2/c1-20-16(8-10-19-20)14-7-9-18-15(11-14)12-3-5-13(6-4-12)17(21)22-2/h3-6,8,10,14-15,18H,7,9,11H2,1-2H3. The molecule has 0 amide bonds. The number of piperidine rings is 1. The number of aryl methyl sites for hydroxylation is 1. The maximum Gasteiger partial charge on any atom is 0.337 e. The Bertz CT molecular complexity index is 648. The van der Waals surface area contributed by atoms with Crippen LogP contribution < -0.4 is 5.32 Å². The van der Waals surface area contributed by atoms with Crippen molar-refractivity contribution in [2.24, 2.45) is 7.05 Å². The number of benzene rings is 1. The normalized spacial score (nSPS) is 21.5. The SMILES string of the molecule is COC(=O)c1ccc(C2CC(c3ccnn3C)CCN2)cc1. The molecule has 1 fully saturated rings. The first-order valence-corrected chi connectivity index (χ1v) is 7.58. The molecule has 0 spiro atoms. The van der Waals surface area contributed by atoms with Crippen LogP contribution in [0.15, 0.2) is 36.5 Å². The highest BCUT2D eigenvalue weighted by Crippen LogP contribution is 2.33. The molecule has 0 saturated carbocycles. The van der Waals surface area contributed by atoms with Gasteiger partial charge in [0.05, 0.1) is 12.7 Å². The summed E-state index contributed by atoms with van der Waals surface area (Å²) in [6, 6.07) is 10.1. The van der Waals surface area contributed by atoms with E-state index in [1.807, 2.05) is 42.2 Å². The molecular weight excluding hydrogens is 278 g/mol. The highest BCUT2D eigenvalue weighted by atomic mass is 16.5. The van der Waals surface area contributed by atoms with Crippen LogP contribution in [0.4, 0.5) is 0 Å². The third-order valence-electron chi connectivity index (χ3n) is 4.42. The smallest absolute Gasteiger partial charge is 0.337 e. The van der Waals surface area contributed by atoms with Gasteiger partial charge in [-0.2, -0.15) is 5.10 Å². The monoisotopic (exact) mass is 299 g/mol. The molecule has 22 heavy (non-hydrogen) atoms. The van der Waals surface area contributed by atoms with Gasteiger partial charge >= 0.3 is 5.97 Å². The lowest BCUT2D eigenvalue weighted by Gasteiger charge is -2.30. The second-order valence-corrected chi connectivity index (χ2v) is 5.72. The molecular formula is C17H21N3O2. The zero-order valence-electron chi connectivity index (χ0n) is 13.0. The molecule has 1 aromatic heterocycles. The molecule has 0 bridgehead atoms. The van der Waals surface area contributed by atoms with Crippen LogP contribution in [0.25, 0.3) is 0 Å². The lowest BCUT2D eigenvalue weighted by Crippen LogP contribution is -2.31. The summed E-state index contributed by atoms with van der Waals surface area (Å²) < 4.78 is 6.70. The Morgan fingerprint density at radius 1 is 1.32 bits per heavy atom. The van der Waals surface area contributed by atoms with Crippen molar-refractivity contribution < 1.29 is 9.53 Å². The van der Waals surface area contributed by atoms with Gasteiger partial charge in [0.2, 0.25) is 0 Å². The summed E-state index contributed by atoms with van der Waals surface area (Å²) in [4.78, 5) is 11.5. The number of methoxy groups -OCH3 is 1. The number of nitrogens with zero attached hydrogens (tertiary/aromatic N) is 2. The number of aromatic nitrogens is 2. The zero-order chi connectivity index (χ0) is 15.5. The van der Waals surface area contributed by atoms with Gasteiger partial charge in [-0.25, -0.2) is 4.79 Å². The first-order chi connectivity index (χ1) is 10.7.